The van der Waals surface area contributed by atoms with E-state index >= 15 is 0 Å². The molecule has 2 N–H and O–H groups in total. The van der Waals surface area contributed by atoms with Gasteiger partial charge in [0.05, 0.1) is 12.6 Å². The highest BCUT2D eigenvalue weighted by molar-refractivity contribution is 5.17. The van der Waals surface area contributed by atoms with Crippen molar-refractivity contribution >= 4 is 0 Å². The standard InChI is InChI=1S/C18H23NO3/c20-13-17-9-8-16(22-17)12-19-10-4-7-15(19)11-18(21)14-5-2-1-3-6-14/h1-3,5-6,8-9,15,18,20-21H,4,7,10-13H2/t15-,18-/m1/s1. The molecule has 1 aromatic heterocycles. The van der Waals surface area contributed by atoms with Crippen LogP contribution in [0.3, 0.4) is 0 Å². The monoisotopic (exact) mass is 301 g/mol. The maximum absolute atomic E-state index is 10.4. The second-order valence-electron chi connectivity index (χ2n) is 5.95. The number of rotatable bonds is 6. The van der Waals surface area contributed by atoms with Crippen molar-refractivity contribution < 1.29 is 14.6 Å². The molecule has 3 rings (SSSR count). The van der Waals surface area contributed by atoms with E-state index in [4.69, 9.17) is 9.52 Å². The largest absolute Gasteiger partial charge is 0.462 e. The Hall–Kier alpha value is -1.62. The van der Waals surface area contributed by atoms with Crippen molar-refractivity contribution in [3.8, 4) is 0 Å². The first kappa shape index (κ1) is 15.3. The zero-order chi connectivity index (χ0) is 15.4. The molecule has 4 heteroatoms. The topological polar surface area (TPSA) is 56.8 Å². The molecule has 1 aromatic carbocycles. The van der Waals surface area contributed by atoms with Gasteiger partial charge in [-0.2, -0.15) is 0 Å². The lowest BCUT2D eigenvalue weighted by Crippen LogP contribution is -2.30. The van der Waals surface area contributed by atoms with Crippen molar-refractivity contribution in [2.24, 2.45) is 0 Å². The first-order chi connectivity index (χ1) is 10.8. The third-order valence-corrected chi connectivity index (χ3v) is 4.41. The first-order valence-corrected chi connectivity index (χ1v) is 7.92. The molecule has 2 aromatic rings. The van der Waals surface area contributed by atoms with E-state index in [2.05, 4.69) is 4.90 Å². The highest BCUT2D eigenvalue weighted by Crippen LogP contribution is 2.28. The Labute approximate surface area is 131 Å². The molecule has 0 bridgehead atoms. The lowest BCUT2D eigenvalue weighted by molar-refractivity contribution is 0.114. The predicted octanol–water partition coefficient (Wildman–Crippen LogP) is 2.86. The first-order valence-electron chi connectivity index (χ1n) is 7.92. The zero-order valence-corrected chi connectivity index (χ0v) is 12.7. The SMILES string of the molecule is OCc1ccc(CN2CCC[C@@H]2C[C@@H](O)c2ccccc2)o1. The van der Waals surface area contributed by atoms with E-state index in [1.807, 2.05) is 42.5 Å². The van der Waals surface area contributed by atoms with Crippen molar-refractivity contribution in [3.63, 3.8) is 0 Å². The molecule has 1 aliphatic rings. The van der Waals surface area contributed by atoms with Gasteiger partial charge in [0.25, 0.3) is 0 Å². The van der Waals surface area contributed by atoms with Crippen LogP contribution in [-0.2, 0) is 13.2 Å². The molecule has 2 heterocycles. The molecule has 4 nitrogen and oxygen atoms in total. The molecule has 118 valence electrons. The van der Waals surface area contributed by atoms with E-state index < -0.39 is 6.10 Å². The molecule has 2 atom stereocenters. The van der Waals surface area contributed by atoms with Crippen LogP contribution in [-0.4, -0.2) is 27.7 Å². The summed E-state index contributed by atoms with van der Waals surface area (Å²) in [6.45, 7) is 1.71. The summed E-state index contributed by atoms with van der Waals surface area (Å²) in [4.78, 5) is 2.37. The van der Waals surface area contributed by atoms with Gasteiger partial charge in [0, 0.05) is 6.04 Å². The van der Waals surface area contributed by atoms with Crippen LogP contribution >= 0.6 is 0 Å². The number of hydrogen-bond acceptors (Lipinski definition) is 4. The molecule has 0 spiro atoms. The third-order valence-electron chi connectivity index (χ3n) is 4.41. The van der Waals surface area contributed by atoms with E-state index in [1.54, 1.807) is 0 Å². The van der Waals surface area contributed by atoms with Crippen molar-refractivity contribution in [1.29, 1.82) is 0 Å². The molecule has 0 saturated carbocycles. The van der Waals surface area contributed by atoms with Gasteiger partial charge in [-0.05, 0) is 43.5 Å². The fraction of sp³-hybridized carbons (Fsp3) is 0.444. The summed E-state index contributed by atoms with van der Waals surface area (Å²) < 4.78 is 5.58. The number of furan rings is 1. The van der Waals surface area contributed by atoms with E-state index in [-0.39, 0.29) is 6.61 Å². The fourth-order valence-electron chi connectivity index (χ4n) is 3.23. The summed E-state index contributed by atoms with van der Waals surface area (Å²) in [5, 5.41) is 19.5. The summed E-state index contributed by atoms with van der Waals surface area (Å²) >= 11 is 0. The van der Waals surface area contributed by atoms with E-state index in [1.165, 1.54) is 0 Å². The smallest absolute Gasteiger partial charge is 0.129 e. The van der Waals surface area contributed by atoms with Crippen LogP contribution < -0.4 is 0 Å². The molecule has 0 aliphatic carbocycles. The molecular weight excluding hydrogens is 278 g/mol. The van der Waals surface area contributed by atoms with Gasteiger partial charge in [-0.15, -0.1) is 0 Å². The van der Waals surface area contributed by atoms with Gasteiger partial charge >= 0.3 is 0 Å². The molecule has 1 aliphatic heterocycles. The van der Waals surface area contributed by atoms with Gasteiger partial charge in [0.2, 0.25) is 0 Å². The van der Waals surface area contributed by atoms with E-state index in [9.17, 15) is 5.11 Å². The number of hydrogen-bond donors (Lipinski definition) is 2. The minimum atomic E-state index is -0.420. The Morgan fingerprint density at radius 3 is 2.64 bits per heavy atom. The lowest BCUT2D eigenvalue weighted by atomic mass is 10.0. The Morgan fingerprint density at radius 1 is 1.14 bits per heavy atom. The van der Waals surface area contributed by atoms with Crippen molar-refractivity contribution in [2.75, 3.05) is 6.54 Å². The van der Waals surface area contributed by atoms with Crippen molar-refractivity contribution in [2.45, 2.75) is 44.6 Å². The van der Waals surface area contributed by atoms with Crippen LogP contribution in [0.1, 0.15) is 42.5 Å². The fourth-order valence-corrected chi connectivity index (χ4v) is 3.23. The Balaban J connectivity index is 1.60. The van der Waals surface area contributed by atoms with Gasteiger partial charge in [-0.25, -0.2) is 0 Å². The number of aliphatic hydroxyl groups is 2. The molecular formula is C18H23NO3. The Kier molecular flexibility index (Phi) is 4.93. The summed E-state index contributed by atoms with van der Waals surface area (Å²) in [6.07, 6.45) is 2.59. The average molecular weight is 301 g/mol. The van der Waals surface area contributed by atoms with E-state index in [0.717, 1.165) is 43.7 Å². The third kappa shape index (κ3) is 3.58. The van der Waals surface area contributed by atoms with Crippen molar-refractivity contribution in [1.82, 2.24) is 4.90 Å². The molecule has 22 heavy (non-hydrogen) atoms. The highest BCUT2D eigenvalue weighted by Gasteiger charge is 2.27. The van der Waals surface area contributed by atoms with Gasteiger partial charge in [0.1, 0.15) is 18.1 Å². The second-order valence-corrected chi connectivity index (χ2v) is 5.95. The maximum atomic E-state index is 10.4. The highest BCUT2D eigenvalue weighted by atomic mass is 16.4. The molecule has 1 saturated heterocycles. The van der Waals surface area contributed by atoms with Crippen molar-refractivity contribution in [3.05, 3.63) is 59.5 Å². The van der Waals surface area contributed by atoms with Crippen LogP contribution in [0.2, 0.25) is 0 Å². The average Bonchev–Trinajstić information content (AvgIpc) is 3.18. The minimum Gasteiger partial charge on any atom is -0.462 e. The molecule has 0 amide bonds. The van der Waals surface area contributed by atoms with Crippen LogP contribution in [0.4, 0.5) is 0 Å². The summed E-state index contributed by atoms with van der Waals surface area (Å²) in [5.74, 6) is 1.49. The maximum Gasteiger partial charge on any atom is 0.129 e. The summed E-state index contributed by atoms with van der Waals surface area (Å²) in [7, 11) is 0. The zero-order valence-electron chi connectivity index (χ0n) is 12.7. The Morgan fingerprint density at radius 2 is 1.91 bits per heavy atom. The second kappa shape index (κ2) is 7.09. The van der Waals surface area contributed by atoms with Crippen LogP contribution in [0.25, 0.3) is 0 Å². The number of aliphatic hydroxyl groups excluding tert-OH is 2. The normalized spacial score (nSPS) is 20.4. The van der Waals surface area contributed by atoms with Gasteiger partial charge in [-0.3, -0.25) is 4.90 Å². The summed E-state index contributed by atoms with van der Waals surface area (Å²) in [6, 6.07) is 14.0. The number of nitrogens with zero attached hydrogens (tertiary/aromatic N) is 1. The van der Waals surface area contributed by atoms with E-state index in [0.29, 0.717) is 11.8 Å². The van der Waals surface area contributed by atoms with Crippen LogP contribution in [0.15, 0.2) is 46.9 Å². The molecule has 0 radical (unpaired) electrons. The van der Waals surface area contributed by atoms with Crippen LogP contribution in [0.5, 0.6) is 0 Å². The van der Waals surface area contributed by atoms with Crippen LogP contribution in [0, 0.1) is 0 Å². The predicted molar refractivity (Wildman–Crippen MR) is 84.1 cm³/mol. The van der Waals surface area contributed by atoms with Gasteiger partial charge in [-0.1, -0.05) is 30.3 Å². The van der Waals surface area contributed by atoms with Gasteiger partial charge in [0.15, 0.2) is 0 Å². The molecule has 0 unspecified atom stereocenters. The minimum absolute atomic E-state index is 0.0594. The lowest BCUT2D eigenvalue weighted by Gasteiger charge is -2.25. The molecule has 1 fully saturated rings. The van der Waals surface area contributed by atoms with Gasteiger partial charge < -0.3 is 14.6 Å². The summed E-state index contributed by atoms with van der Waals surface area (Å²) in [5.41, 5.74) is 0.981. The quantitative estimate of drug-likeness (QED) is 0.861. The number of benzene rings is 1. The number of likely N-dealkylation sites (tertiary alicyclic amines) is 1. The Bertz CT molecular complexity index is 581.